The Morgan fingerprint density at radius 1 is 0.875 bits per heavy atom. The molecule has 0 saturated heterocycles. The topological polar surface area (TPSA) is 0 Å². The highest BCUT2D eigenvalue weighted by Gasteiger charge is 1.89. The first-order chi connectivity index (χ1) is 7.88. The van der Waals surface area contributed by atoms with Gasteiger partial charge in [0.05, 0.1) is 0 Å². The smallest absolute Gasteiger partial charge is 0.0283 e. The predicted octanol–water partition coefficient (Wildman–Crippen LogP) is 3.78. The molecule has 0 atom stereocenters. The first kappa shape index (κ1) is 11.0. The Hall–Kier alpha value is -1.52. The molecule has 1 radical (unpaired) electrons. The number of alkyl halides is 1. The Morgan fingerprint density at radius 3 is 2.00 bits per heavy atom. The molecule has 0 bridgehead atoms. The van der Waals surface area contributed by atoms with Crippen molar-refractivity contribution in [2.45, 2.75) is 5.33 Å². The number of rotatable bonds is 1. The minimum absolute atomic E-state index is 0.884. The lowest BCUT2D eigenvalue weighted by atomic mass is 10.1. The van der Waals surface area contributed by atoms with E-state index < -0.39 is 0 Å². The highest BCUT2D eigenvalue weighted by Crippen LogP contribution is 2.07. The molecule has 0 aliphatic rings. The van der Waals surface area contributed by atoms with Crippen LogP contribution in [0.25, 0.3) is 0 Å². The van der Waals surface area contributed by atoms with Crippen LogP contribution in [0.15, 0.2) is 48.5 Å². The predicted molar refractivity (Wildman–Crippen MR) is 70.3 cm³/mol. The maximum atomic E-state index is 3.42. The second kappa shape index (κ2) is 5.53. The van der Waals surface area contributed by atoms with Crippen molar-refractivity contribution in [1.29, 1.82) is 0 Å². The van der Waals surface area contributed by atoms with Crippen LogP contribution in [0.2, 0.25) is 0 Å². The summed E-state index contributed by atoms with van der Waals surface area (Å²) >= 11 is 3.42. The summed E-state index contributed by atoms with van der Waals surface area (Å²) in [6, 6.07) is 18.9. The van der Waals surface area contributed by atoms with Gasteiger partial charge in [-0.2, -0.15) is 0 Å². The van der Waals surface area contributed by atoms with Gasteiger partial charge in [0.2, 0.25) is 0 Å². The third kappa shape index (κ3) is 2.98. The van der Waals surface area contributed by atoms with Crippen molar-refractivity contribution in [1.82, 2.24) is 0 Å². The zero-order valence-corrected chi connectivity index (χ0v) is 10.3. The summed E-state index contributed by atoms with van der Waals surface area (Å²) in [5.74, 6) is 6.25. The van der Waals surface area contributed by atoms with Crippen LogP contribution in [0, 0.1) is 17.9 Å². The van der Waals surface area contributed by atoms with Gasteiger partial charge in [0.1, 0.15) is 0 Å². The van der Waals surface area contributed by atoms with Gasteiger partial charge in [-0.25, -0.2) is 0 Å². The van der Waals surface area contributed by atoms with E-state index in [1.165, 1.54) is 5.56 Å². The molecule has 0 fully saturated rings. The Kier molecular flexibility index (Phi) is 3.80. The summed E-state index contributed by atoms with van der Waals surface area (Å²) < 4.78 is 0. The van der Waals surface area contributed by atoms with Gasteiger partial charge < -0.3 is 0 Å². The van der Waals surface area contributed by atoms with Crippen LogP contribution in [0.4, 0.5) is 0 Å². The molecule has 77 valence electrons. The lowest BCUT2D eigenvalue weighted by Crippen LogP contribution is -1.78. The van der Waals surface area contributed by atoms with Gasteiger partial charge in [0.15, 0.2) is 0 Å². The third-order valence-electron chi connectivity index (χ3n) is 2.18. The Balaban J connectivity index is 2.18. The van der Waals surface area contributed by atoms with Crippen LogP contribution < -0.4 is 0 Å². The largest absolute Gasteiger partial charge is 0.0876 e. The van der Waals surface area contributed by atoms with Crippen molar-refractivity contribution in [3.63, 3.8) is 0 Å². The van der Waals surface area contributed by atoms with E-state index in [9.17, 15) is 0 Å². The molecule has 0 aromatic heterocycles. The van der Waals surface area contributed by atoms with Crippen LogP contribution in [-0.4, -0.2) is 0 Å². The lowest BCUT2D eigenvalue weighted by molar-refractivity contribution is 1.43. The molecule has 0 amide bonds. The van der Waals surface area contributed by atoms with E-state index in [2.05, 4.69) is 46.0 Å². The maximum Gasteiger partial charge on any atom is 0.0283 e. The fraction of sp³-hybridized carbons (Fsp3) is 0.0667. The summed E-state index contributed by atoms with van der Waals surface area (Å²) in [7, 11) is 0. The number of halogens is 1. The Labute approximate surface area is 104 Å². The summed E-state index contributed by atoms with van der Waals surface area (Å²) in [5.41, 5.74) is 3.32. The van der Waals surface area contributed by atoms with Gasteiger partial charge in [-0.1, -0.05) is 52.0 Å². The quantitative estimate of drug-likeness (QED) is 0.546. The molecule has 1 heteroatoms. The van der Waals surface area contributed by atoms with Gasteiger partial charge in [-0.05, 0) is 35.9 Å². The zero-order chi connectivity index (χ0) is 11.2. The molecule has 2 aromatic rings. The monoisotopic (exact) mass is 269 g/mol. The average molecular weight is 270 g/mol. The highest BCUT2D eigenvalue weighted by molar-refractivity contribution is 9.08. The van der Waals surface area contributed by atoms with Crippen molar-refractivity contribution < 1.29 is 0 Å². The third-order valence-corrected chi connectivity index (χ3v) is 2.83. The normalized spacial score (nSPS) is 9.31. The van der Waals surface area contributed by atoms with E-state index in [4.69, 9.17) is 0 Å². The zero-order valence-electron chi connectivity index (χ0n) is 8.70. The van der Waals surface area contributed by atoms with Crippen LogP contribution in [0.1, 0.15) is 16.7 Å². The Bertz CT molecular complexity index is 501. The number of benzene rings is 2. The SMILES string of the molecule is BrCc1ccc(C#Cc2cc[c]cc2)cc1. The lowest BCUT2D eigenvalue weighted by Gasteiger charge is -1.94. The molecule has 0 N–H and O–H groups in total. The van der Waals surface area contributed by atoms with Crippen molar-refractivity contribution in [2.75, 3.05) is 0 Å². The molecule has 2 aromatic carbocycles. The van der Waals surface area contributed by atoms with Crippen LogP contribution in [-0.2, 0) is 5.33 Å². The van der Waals surface area contributed by atoms with E-state index in [1.54, 1.807) is 0 Å². The summed E-state index contributed by atoms with van der Waals surface area (Å²) in [6.07, 6.45) is 0. The van der Waals surface area contributed by atoms with Crippen LogP contribution in [0.5, 0.6) is 0 Å². The van der Waals surface area contributed by atoms with Crippen molar-refractivity contribution in [2.24, 2.45) is 0 Å². The van der Waals surface area contributed by atoms with E-state index in [0.717, 1.165) is 16.5 Å². The van der Waals surface area contributed by atoms with Crippen LogP contribution >= 0.6 is 15.9 Å². The summed E-state index contributed by atoms with van der Waals surface area (Å²) in [5, 5.41) is 0.884. The second-order valence-corrected chi connectivity index (χ2v) is 3.93. The molecular formula is C15H10Br. The van der Waals surface area contributed by atoms with E-state index in [0.29, 0.717) is 0 Å². The number of hydrogen-bond donors (Lipinski definition) is 0. The van der Waals surface area contributed by atoms with Gasteiger partial charge >= 0.3 is 0 Å². The summed E-state index contributed by atoms with van der Waals surface area (Å²) in [4.78, 5) is 0. The van der Waals surface area contributed by atoms with E-state index in [-0.39, 0.29) is 0 Å². The minimum atomic E-state index is 0.884. The van der Waals surface area contributed by atoms with Gasteiger partial charge in [-0.15, -0.1) is 0 Å². The fourth-order valence-corrected chi connectivity index (χ4v) is 1.67. The minimum Gasteiger partial charge on any atom is -0.0876 e. The standard InChI is InChI=1S/C15H10Br/c16-12-15-10-8-14(9-11-15)7-6-13-4-2-1-3-5-13/h2-5,8-11H,12H2. The maximum absolute atomic E-state index is 3.42. The van der Waals surface area contributed by atoms with Crippen LogP contribution in [0.3, 0.4) is 0 Å². The fourth-order valence-electron chi connectivity index (χ4n) is 1.29. The molecule has 2 rings (SSSR count). The Morgan fingerprint density at radius 2 is 1.44 bits per heavy atom. The molecule has 0 nitrogen and oxygen atoms in total. The molecule has 0 unspecified atom stereocenters. The van der Waals surface area contributed by atoms with Gasteiger partial charge in [-0.3, -0.25) is 0 Å². The second-order valence-electron chi connectivity index (χ2n) is 3.37. The van der Waals surface area contributed by atoms with Crippen molar-refractivity contribution in [3.05, 3.63) is 71.3 Å². The molecule has 0 aliphatic heterocycles. The van der Waals surface area contributed by atoms with E-state index in [1.807, 2.05) is 36.4 Å². The molecule has 0 heterocycles. The molecule has 0 saturated carbocycles. The van der Waals surface area contributed by atoms with Crippen molar-refractivity contribution in [3.8, 4) is 11.8 Å². The number of hydrogen-bond acceptors (Lipinski definition) is 0. The van der Waals surface area contributed by atoms with Crippen molar-refractivity contribution >= 4 is 15.9 Å². The van der Waals surface area contributed by atoms with Gasteiger partial charge in [0, 0.05) is 16.5 Å². The first-order valence-electron chi connectivity index (χ1n) is 5.01. The van der Waals surface area contributed by atoms with Gasteiger partial charge in [0.25, 0.3) is 0 Å². The molecule has 0 spiro atoms. The average Bonchev–Trinajstić information content (AvgIpc) is 2.38. The summed E-state index contributed by atoms with van der Waals surface area (Å²) in [6.45, 7) is 0. The molecule has 16 heavy (non-hydrogen) atoms. The highest BCUT2D eigenvalue weighted by atomic mass is 79.9. The molecule has 0 aliphatic carbocycles. The first-order valence-corrected chi connectivity index (χ1v) is 6.14. The van der Waals surface area contributed by atoms with E-state index >= 15 is 0 Å². The molecular weight excluding hydrogens is 260 g/mol.